The Labute approximate surface area is 133 Å². The van der Waals surface area contributed by atoms with Gasteiger partial charge in [-0.05, 0) is 54.8 Å². The molecule has 0 saturated carbocycles. The van der Waals surface area contributed by atoms with E-state index in [9.17, 15) is 4.39 Å². The molecule has 0 aromatic heterocycles. The normalized spacial score (nSPS) is 12.2. The van der Waals surface area contributed by atoms with Gasteiger partial charge in [-0.25, -0.2) is 4.39 Å². The molecule has 2 rings (SSSR count). The van der Waals surface area contributed by atoms with Crippen LogP contribution in [0.5, 0.6) is 5.75 Å². The van der Waals surface area contributed by atoms with Gasteiger partial charge in [0, 0.05) is 17.1 Å². The van der Waals surface area contributed by atoms with Crippen molar-refractivity contribution in [1.29, 1.82) is 0 Å². The molecule has 0 aliphatic heterocycles. The Bertz CT molecular complexity index is 586. The summed E-state index contributed by atoms with van der Waals surface area (Å²) in [6.07, 6.45) is 0.914. The summed E-state index contributed by atoms with van der Waals surface area (Å²) in [4.78, 5) is 0. The summed E-state index contributed by atoms with van der Waals surface area (Å²) in [5.74, 6) is 0.654. The summed E-state index contributed by atoms with van der Waals surface area (Å²) in [5, 5.41) is 3.42. The molecule has 1 atom stereocenters. The molecule has 0 radical (unpaired) electrons. The van der Waals surface area contributed by atoms with Gasteiger partial charge >= 0.3 is 0 Å². The van der Waals surface area contributed by atoms with Crippen LogP contribution in [0.3, 0.4) is 0 Å². The highest BCUT2D eigenvalue weighted by atomic mass is 79.9. The summed E-state index contributed by atoms with van der Waals surface area (Å²) in [7, 11) is 1.66. The molecule has 0 fully saturated rings. The van der Waals surface area contributed by atoms with Crippen molar-refractivity contribution in [2.45, 2.75) is 25.9 Å². The molecule has 1 N–H and O–H groups in total. The maximum atomic E-state index is 13.2. The lowest BCUT2D eigenvalue weighted by Crippen LogP contribution is -2.27. The first-order chi connectivity index (χ1) is 10.1. The van der Waals surface area contributed by atoms with Crippen LogP contribution in [0, 0.1) is 5.82 Å². The van der Waals surface area contributed by atoms with Gasteiger partial charge in [0.05, 0.1) is 7.11 Å². The van der Waals surface area contributed by atoms with Crippen LogP contribution in [0.4, 0.5) is 4.39 Å². The van der Waals surface area contributed by atoms with E-state index in [1.165, 1.54) is 11.6 Å². The Kier molecular flexibility index (Phi) is 5.76. The molecular formula is C17H19BrFNO. The molecule has 1 unspecified atom stereocenters. The van der Waals surface area contributed by atoms with Crippen LogP contribution in [0.1, 0.15) is 18.1 Å². The molecule has 2 aromatic rings. The standard InChI is InChI=1S/C17H19BrFNO/c1-12(9-13-3-6-16(21-2)7-4-13)20-11-14-10-15(19)5-8-17(14)18/h3-8,10,12,20H,9,11H2,1-2H3. The highest BCUT2D eigenvalue weighted by molar-refractivity contribution is 9.10. The average Bonchev–Trinajstić information content (AvgIpc) is 2.49. The summed E-state index contributed by atoms with van der Waals surface area (Å²) in [5.41, 5.74) is 2.17. The van der Waals surface area contributed by atoms with E-state index in [0.29, 0.717) is 12.6 Å². The predicted molar refractivity (Wildman–Crippen MR) is 87.1 cm³/mol. The van der Waals surface area contributed by atoms with Crippen molar-refractivity contribution in [3.05, 3.63) is 63.9 Å². The minimum absolute atomic E-state index is 0.210. The zero-order valence-electron chi connectivity index (χ0n) is 12.2. The number of halogens is 2. The summed E-state index contributed by atoms with van der Waals surface area (Å²) in [6, 6.07) is 13.1. The van der Waals surface area contributed by atoms with Crippen molar-refractivity contribution < 1.29 is 9.13 Å². The van der Waals surface area contributed by atoms with Gasteiger partial charge in [-0.2, -0.15) is 0 Å². The first kappa shape index (κ1) is 16.0. The lowest BCUT2D eigenvalue weighted by atomic mass is 10.1. The molecule has 0 bridgehead atoms. The Morgan fingerprint density at radius 2 is 1.90 bits per heavy atom. The second kappa shape index (κ2) is 7.57. The number of methoxy groups -OCH3 is 1. The molecule has 0 heterocycles. The second-order valence-electron chi connectivity index (χ2n) is 5.07. The largest absolute Gasteiger partial charge is 0.497 e. The van der Waals surface area contributed by atoms with Gasteiger partial charge in [-0.1, -0.05) is 28.1 Å². The number of hydrogen-bond donors (Lipinski definition) is 1. The summed E-state index contributed by atoms with van der Waals surface area (Å²) in [6.45, 7) is 2.76. The van der Waals surface area contributed by atoms with Crippen LogP contribution in [-0.4, -0.2) is 13.2 Å². The number of nitrogens with one attached hydrogen (secondary N) is 1. The predicted octanol–water partition coefficient (Wildman–Crippen LogP) is 4.32. The third kappa shape index (κ3) is 4.83. The highest BCUT2D eigenvalue weighted by Crippen LogP contribution is 2.18. The zero-order valence-corrected chi connectivity index (χ0v) is 13.8. The number of hydrogen-bond acceptors (Lipinski definition) is 2. The highest BCUT2D eigenvalue weighted by Gasteiger charge is 2.06. The van der Waals surface area contributed by atoms with E-state index < -0.39 is 0 Å². The van der Waals surface area contributed by atoms with E-state index in [4.69, 9.17) is 4.74 Å². The van der Waals surface area contributed by atoms with Crippen molar-refractivity contribution in [1.82, 2.24) is 5.32 Å². The average molecular weight is 352 g/mol. The van der Waals surface area contributed by atoms with Crippen molar-refractivity contribution >= 4 is 15.9 Å². The molecular weight excluding hydrogens is 333 g/mol. The van der Waals surface area contributed by atoms with Gasteiger partial charge in [0.15, 0.2) is 0 Å². The van der Waals surface area contributed by atoms with Crippen LogP contribution in [0.15, 0.2) is 46.9 Å². The van der Waals surface area contributed by atoms with Crippen LogP contribution in [-0.2, 0) is 13.0 Å². The van der Waals surface area contributed by atoms with Crippen molar-refractivity contribution in [3.63, 3.8) is 0 Å². The summed E-state index contributed by atoms with van der Waals surface area (Å²) >= 11 is 3.44. The topological polar surface area (TPSA) is 21.3 Å². The van der Waals surface area contributed by atoms with Crippen LogP contribution < -0.4 is 10.1 Å². The Balaban J connectivity index is 1.89. The first-order valence-corrected chi connectivity index (χ1v) is 7.68. The Hall–Kier alpha value is -1.39. The maximum absolute atomic E-state index is 13.2. The molecule has 0 saturated heterocycles. The third-order valence-electron chi connectivity index (χ3n) is 3.35. The van der Waals surface area contributed by atoms with E-state index in [1.807, 2.05) is 12.1 Å². The van der Waals surface area contributed by atoms with Gasteiger partial charge in [-0.3, -0.25) is 0 Å². The van der Waals surface area contributed by atoms with Gasteiger partial charge in [0.2, 0.25) is 0 Å². The lowest BCUT2D eigenvalue weighted by Gasteiger charge is -2.15. The molecule has 0 spiro atoms. The second-order valence-corrected chi connectivity index (χ2v) is 5.92. The lowest BCUT2D eigenvalue weighted by molar-refractivity contribution is 0.414. The van der Waals surface area contributed by atoms with Crippen molar-refractivity contribution in [2.75, 3.05) is 7.11 Å². The fourth-order valence-corrected chi connectivity index (χ4v) is 2.54. The third-order valence-corrected chi connectivity index (χ3v) is 4.12. The van der Waals surface area contributed by atoms with Crippen molar-refractivity contribution in [3.8, 4) is 5.75 Å². The van der Waals surface area contributed by atoms with E-state index in [-0.39, 0.29) is 5.82 Å². The smallest absolute Gasteiger partial charge is 0.123 e. The van der Waals surface area contributed by atoms with Gasteiger partial charge < -0.3 is 10.1 Å². The van der Waals surface area contributed by atoms with Crippen LogP contribution in [0.25, 0.3) is 0 Å². The zero-order chi connectivity index (χ0) is 15.2. The minimum Gasteiger partial charge on any atom is -0.497 e. The van der Waals surface area contributed by atoms with E-state index in [0.717, 1.165) is 22.2 Å². The Morgan fingerprint density at radius 3 is 2.57 bits per heavy atom. The van der Waals surface area contributed by atoms with Gasteiger partial charge in [0.1, 0.15) is 11.6 Å². The van der Waals surface area contributed by atoms with Gasteiger partial charge in [-0.15, -0.1) is 0 Å². The van der Waals surface area contributed by atoms with Gasteiger partial charge in [0.25, 0.3) is 0 Å². The number of ether oxygens (including phenoxy) is 1. The molecule has 2 aromatic carbocycles. The maximum Gasteiger partial charge on any atom is 0.123 e. The monoisotopic (exact) mass is 351 g/mol. The summed E-state index contributed by atoms with van der Waals surface area (Å²) < 4.78 is 19.3. The number of rotatable bonds is 6. The molecule has 4 heteroatoms. The molecule has 0 amide bonds. The molecule has 112 valence electrons. The molecule has 0 aliphatic rings. The minimum atomic E-state index is -0.210. The van der Waals surface area contributed by atoms with E-state index in [2.05, 4.69) is 40.3 Å². The Morgan fingerprint density at radius 1 is 1.19 bits per heavy atom. The number of benzene rings is 2. The fraction of sp³-hybridized carbons (Fsp3) is 0.294. The quantitative estimate of drug-likeness (QED) is 0.836. The first-order valence-electron chi connectivity index (χ1n) is 6.88. The molecule has 2 nitrogen and oxygen atoms in total. The van der Waals surface area contributed by atoms with E-state index in [1.54, 1.807) is 19.2 Å². The molecule has 21 heavy (non-hydrogen) atoms. The SMILES string of the molecule is COc1ccc(CC(C)NCc2cc(F)ccc2Br)cc1. The molecule has 0 aliphatic carbocycles. The van der Waals surface area contributed by atoms with Crippen molar-refractivity contribution in [2.24, 2.45) is 0 Å². The van der Waals surface area contributed by atoms with Crippen LogP contribution >= 0.6 is 15.9 Å². The van der Waals surface area contributed by atoms with E-state index >= 15 is 0 Å². The van der Waals surface area contributed by atoms with Crippen LogP contribution in [0.2, 0.25) is 0 Å². The fourth-order valence-electron chi connectivity index (χ4n) is 2.15.